The van der Waals surface area contributed by atoms with Gasteiger partial charge in [-0.25, -0.2) is 18.4 Å². The molecule has 1 aromatic heterocycles. The summed E-state index contributed by atoms with van der Waals surface area (Å²) < 4.78 is 23.4. The fraction of sp³-hybridized carbons (Fsp3) is 0.643. The number of aromatic nitrogens is 2. The fourth-order valence-corrected chi connectivity index (χ4v) is 3.78. The van der Waals surface area contributed by atoms with E-state index in [1.54, 1.807) is 6.92 Å². The van der Waals surface area contributed by atoms with Crippen LogP contribution >= 0.6 is 0 Å². The number of aryl methyl sites for hydroxylation is 1. The lowest BCUT2D eigenvalue weighted by atomic mass is 9.95. The molecule has 1 saturated carbocycles. The molecule has 0 radical (unpaired) electrons. The van der Waals surface area contributed by atoms with Crippen LogP contribution in [0.2, 0.25) is 0 Å². The molecular weight excluding hydrogens is 306 g/mol. The van der Waals surface area contributed by atoms with Crippen LogP contribution in [0.1, 0.15) is 38.2 Å². The Hall–Kier alpha value is -1.54. The molecule has 0 bridgehead atoms. The van der Waals surface area contributed by atoms with Crippen LogP contribution < -0.4 is 4.90 Å². The van der Waals surface area contributed by atoms with Crippen molar-refractivity contribution in [3.05, 3.63) is 11.8 Å². The molecule has 7 nitrogen and oxygen atoms in total. The van der Waals surface area contributed by atoms with Crippen molar-refractivity contribution in [2.75, 3.05) is 11.2 Å². The summed E-state index contributed by atoms with van der Waals surface area (Å²) in [5, 5.41) is 10.2. The molecule has 1 amide bonds. The normalized spacial score (nSPS) is 28.8. The molecule has 2 heterocycles. The van der Waals surface area contributed by atoms with E-state index in [4.69, 9.17) is 0 Å². The molecule has 1 N–H and O–H groups in total. The highest BCUT2D eigenvalue weighted by molar-refractivity contribution is 7.90. The van der Waals surface area contributed by atoms with Gasteiger partial charge in [0.15, 0.2) is 0 Å². The van der Waals surface area contributed by atoms with Gasteiger partial charge in [-0.2, -0.15) is 0 Å². The number of sulfone groups is 1. The van der Waals surface area contributed by atoms with Crippen LogP contribution in [0.4, 0.5) is 5.82 Å². The quantitative estimate of drug-likeness (QED) is 0.793. The Labute approximate surface area is 129 Å². The Balaban J connectivity index is 2.11. The summed E-state index contributed by atoms with van der Waals surface area (Å²) in [5.41, 5.74) is -0.241. The van der Waals surface area contributed by atoms with Crippen molar-refractivity contribution in [1.29, 1.82) is 0 Å². The number of aliphatic hydroxyl groups is 1. The SMILES string of the molecule is C[C@@]1(O)CCC[C@H]1N1C(=O)CCc2cnc(S(C)(=O)=O)nc21. The van der Waals surface area contributed by atoms with E-state index in [1.807, 2.05) is 0 Å². The van der Waals surface area contributed by atoms with E-state index in [0.717, 1.165) is 18.2 Å². The largest absolute Gasteiger partial charge is 0.388 e. The van der Waals surface area contributed by atoms with Crippen molar-refractivity contribution in [3.8, 4) is 0 Å². The molecule has 0 aromatic carbocycles. The maximum Gasteiger partial charge on any atom is 0.248 e. The van der Waals surface area contributed by atoms with Gasteiger partial charge >= 0.3 is 0 Å². The van der Waals surface area contributed by atoms with Crippen molar-refractivity contribution in [1.82, 2.24) is 9.97 Å². The van der Waals surface area contributed by atoms with Crippen LogP contribution in [0.15, 0.2) is 11.4 Å². The molecule has 22 heavy (non-hydrogen) atoms. The van der Waals surface area contributed by atoms with E-state index in [2.05, 4.69) is 9.97 Å². The predicted molar refractivity (Wildman–Crippen MR) is 79.2 cm³/mol. The standard InChI is InChI=1S/C14H19N3O4S/c1-14(19)7-3-4-10(14)17-11(18)6-5-9-8-15-13(16-12(9)17)22(2,20)21/h8,10,19H,3-7H2,1-2H3/t10-,14-/m1/s1. The van der Waals surface area contributed by atoms with Crippen molar-refractivity contribution < 1.29 is 18.3 Å². The number of rotatable bonds is 2. The summed E-state index contributed by atoms with van der Waals surface area (Å²) in [6.07, 6.45) is 5.43. The third-order valence-electron chi connectivity index (χ3n) is 4.45. The van der Waals surface area contributed by atoms with Gasteiger partial charge in [-0.3, -0.25) is 9.69 Å². The first-order valence-corrected chi connectivity index (χ1v) is 9.20. The summed E-state index contributed by atoms with van der Waals surface area (Å²) in [6.45, 7) is 1.71. The average molecular weight is 325 g/mol. The molecule has 8 heteroatoms. The van der Waals surface area contributed by atoms with E-state index in [0.29, 0.717) is 31.5 Å². The maximum atomic E-state index is 12.4. The van der Waals surface area contributed by atoms with Gasteiger partial charge in [-0.05, 0) is 32.6 Å². The molecular formula is C14H19N3O4S. The molecule has 3 rings (SSSR count). The van der Waals surface area contributed by atoms with Crippen LogP contribution in [-0.2, 0) is 21.1 Å². The lowest BCUT2D eigenvalue weighted by Gasteiger charge is -2.38. The molecule has 0 saturated heterocycles. The van der Waals surface area contributed by atoms with Crippen LogP contribution in [0, 0.1) is 0 Å². The van der Waals surface area contributed by atoms with E-state index in [9.17, 15) is 18.3 Å². The van der Waals surface area contributed by atoms with Crippen LogP contribution in [-0.4, -0.2) is 47.3 Å². The molecule has 120 valence electrons. The number of carbonyl (C=O) groups is 1. The van der Waals surface area contributed by atoms with Gasteiger partial charge in [-0.1, -0.05) is 0 Å². The topological polar surface area (TPSA) is 100 Å². The van der Waals surface area contributed by atoms with E-state index in [1.165, 1.54) is 11.1 Å². The highest BCUT2D eigenvalue weighted by Gasteiger charge is 2.45. The van der Waals surface area contributed by atoms with Gasteiger partial charge in [-0.15, -0.1) is 0 Å². The zero-order valence-electron chi connectivity index (χ0n) is 12.6. The van der Waals surface area contributed by atoms with E-state index in [-0.39, 0.29) is 17.1 Å². The van der Waals surface area contributed by atoms with Gasteiger partial charge in [0, 0.05) is 24.4 Å². The molecule has 1 aliphatic heterocycles. The first-order valence-electron chi connectivity index (χ1n) is 7.30. The van der Waals surface area contributed by atoms with Crippen LogP contribution in [0.25, 0.3) is 0 Å². The van der Waals surface area contributed by atoms with Crippen molar-refractivity contribution >= 4 is 21.6 Å². The Kier molecular flexibility index (Phi) is 3.48. The molecule has 0 spiro atoms. The Morgan fingerprint density at radius 3 is 2.73 bits per heavy atom. The zero-order valence-corrected chi connectivity index (χ0v) is 13.4. The predicted octanol–water partition coefficient (Wildman–Crippen LogP) is 0.463. The molecule has 2 atom stereocenters. The number of carbonyl (C=O) groups excluding carboxylic acids is 1. The summed E-state index contributed by atoms with van der Waals surface area (Å²) in [5.74, 6) is 0.205. The van der Waals surface area contributed by atoms with Crippen LogP contribution in [0.5, 0.6) is 0 Å². The average Bonchev–Trinajstić information content (AvgIpc) is 2.76. The van der Waals surface area contributed by atoms with Crippen molar-refractivity contribution in [3.63, 3.8) is 0 Å². The zero-order chi connectivity index (χ0) is 16.1. The Morgan fingerprint density at radius 2 is 2.14 bits per heavy atom. The number of fused-ring (bicyclic) bond motifs is 1. The monoisotopic (exact) mass is 325 g/mol. The van der Waals surface area contributed by atoms with Crippen molar-refractivity contribution in [2.24, 2.45) is 0 Å². The molecule has 2 aliphatic rings. The summed E-state index contributed by atoms with van der Waals surface area (Å²) in [7, 11) is -3.55. The highest BCUT2D eigenvalue weighted by atomic mass is 32.2. The van der Waals surface area contributed by atoms with Gasteiger partial charge in [0.1, 0.15) is 5.82 Å². The second-order valence-corrected chi connectivity index (χ2v) is 8.21. The smallest absolute Gasteiger partial charge is 0.248 e. The van der Waals surface area contributed by atoms with Crippen molar-refractivity contribution in [2.45, 2.75) is 55.8 Å². The van der Waals surface area contributed by atoms with E-state index >= 15 is 0 Å². The highest BCUT2D eigenvalue weighted by Crippen LogP contribution is 2.38. The first kappa shape index (κ1) is 15.4. The number of nitrogens with zero attached hydrogens (tertiary/aromatic N) is 3. The fourth-order valence-electron chi connectivity index (χ4n) is 3.29. The minimum Gasteiger partial charge on any atom is -0.388 e. The first-order chi connectivity index (χ1) is 10.2. The number of amides is 1. The lowest BCUT2D eigenvalue weighted by Crippen LogP contribution is -2.52. The second kappa shape index (κ2) is 4.99. The third kappa shape index (κ3) is 2.50. The van der Waals surface area contributed by atoms with Gasteiger partial charge < -0.3 is 5.11 Å². The maximum absolute atomic E-state index is 12.4. The minimum atomic E-state index is -3.55. The third-order valence-corrected chi connectivity index (χ3v) is 5.31. The Morgan fingerprint density at radius 1 is 1.41 bits per heavy atom. The van der Waals surface area contributed by atoms with Gasteiger partial charge in [0.2, 0.25) is 20.9 Å². The number of hydrogen-bond donors (Lipinski definition) is 1. The summed E-state index contributed by atoms with van der Waals surface area (Å²) >= 11 is 0. The lowest BCUT2D eigenvalue weighted by molar-refractivity contribution is -0.120. The van der Waals surface area contributed by atoms with E-state index < -0.39 is 15.4 Å². The Bertz CT molecular complexity index is 730. The molecule has 0 unspecified atom stereocenters. The second-order valence-electron chi connectivity index (χ2n) is 6.30. The number of anilines is 1. The molecule has 1 fully saturated rings. The van der Waals surface area contributed by atoms with Gasteiger partial charge in [0.05, 0.1) is 11.6 Å². The molecule has 1 aromatic rings. The van der Waals surface area contributed by atoms with Gasteiger partial charge in [0.25, 0.3) is 0 Å². The summed E-state index contributed by atoms with van der Waals surface area (Å²) in [6, 6.07) is -0.374. The minimum absolute atomic E-state index is 0.127. The number of hydrogen-bond acceptors (Lipinski definition) is 6. The summed E-state index contributed by atoms with van der Waals surface area (Å²) in [4.78, 5) is 21.9. The van der Waals surface area contributed by atoms with Crippen LogP contribution in [0.3, 0.4) is 0 Å². The molecule has 1 aliphatic carbocycles.